The Labute approximate surface area is 135 Å². The highest BCUT2D eigenvalue weighted by Crippen LogP contribution is 2.43. The van der Waals surface area contributed by atoms with Crippen molar-refractivity contribution in [1.82, 2.24) is 14.5 Å². The molecule has 0 amide bonds. The number of alkyl halides is 1. The molecule has 1 saturated heterocycles. The van der Waals surface area contributed by atoms with Gasteiger partial charge in [0.25, 0.3) is 0 Å². The minimum absolute atomic E-state index is 0.0754. The first kappa shape index (κ1) is 16.5. The fraction of sp³-hybridized carbons (Fsp3) is 0.462. The number of nitrogens with one attached hydrogen (secondary N) is 1. The Morgan fingerprint density at radius 3 is 2.92 bits per heavy atom. The SMILES string of the molecule is C[C@@]1(F)C(O)C(CO)O[C@H]1n1cc(C=NN)c2c(NO)ncnc21. The normalized spacial score (nSPS) is 30.5. The van der Waals surface area contributed by atoms with Crippen LogP contribution in [0, 0.1) is 0 Å². The van der Waals surface area contributed by atoms with E-state index in [1.807, 2.05) is 5.48 Å². The van der Waals surface area contributed by atoms with Gasteiger partial charge in [-0.25, -0.2) is 14.4 Å². The summed E-state index contributed by atoms with van der Waals surface area (Å²) in [6.45, 7) is 0.638. The molecule has 0 bridgehead atoms. The first-order chi connectivity index (χ1) is 11.5. The van der Waals surface area contributed by atoms with Gasteiger partial charge in [-0.2, -0.15) is 5.10 Å². The summed E-state index contributed by atoms with van der Waals surface area (Å²) in [5.74, 6) is 5.26. The van der Waals surface area contributed by atoms with E-state index >= 15 is 4.39 Å². The van der Waals surface area contributed by atoms with Crippen LogP contribution >= 0.6 is 0 Å². The summed E-state index contributed by atoms with van der Waals surface area (Å²) >= 11 is 0. The maximum absolute atomic E-state index is 15.0. The highest BCUT2D eigenvalue weighted by atomic mass is 19.1. The number of nitrogens with zero attached hydrogens (tertiary/aromatic N) is 4. The van der Waals surface area contributed by atoms with Gasteiger partial charge in [-0.15, -0.1) is 0 Å². The lowest BCUT2D eigenvalue weighted by Crippen LogP contribution is -2.40. The predicted molar refractivity (Wildman–Crippen MR) is 81.2 cm³/mol. The molecule has 2 unspecified atom stereocenters. The summed E-state index contributed by atoms with van der Waals surface area (Å²) in [6, 6.07) is 0. The van der Waals surface area contributed by atoms with Crippen molar-refractivity contribution in [1.29, 1.82) is 0 Å². The molecule has 0 saturated carbocycles. The van der Waals surface area contributed by atoms with Crippen molar-refractivity contribution in [2.24, 2.45) is 10.9 Å². The van der Waals surface area contributed by atoms with Crippen LogP contribution in [-0.2, 0) is 4.74 Å². The monoisotopic (exact) mass is 340 g/mol. The number of aliphatic hydroxyl groups excluding tert-OH is 2. The van der Waals surface area contributed by atoms with Gasteiger partial charge in [0.15, 0.2) is 17.7 Å². The number of fused-ring (bicyclic) bond motifs is 1. The highest BCUT2D eigenvalue weighted by molar-refractivity contribution is 6.03. The molecule has 6 N–H and O–H groups in total. The van der Waals surface area contributed by atoms with Crippen LogP contribution in [0.2, 0.25) is 0 Å². The topological polar surface area (TPSA) is 151 Å². The molecular formula is C13H17FN6O4. The van der Waals surface area contributed by atoms with Gasteiger partial charge in [0.1, 0.15) is 24.2 Å². The summed E-state index contributed by atoms with van der Waals surface area (Å²) in [4.78, 5) is 7.96. The van der Waals surface area contributed by atoms with E-state index in [2.05, 4.69) is 15.1 Å². The molecule has 0 radical (unpaired) electrons. The molecule has 0 spiro atoms. The average molecular weight is 340 g/mol. The van der Waals surface area contributed by atoms with Gasteiger partial charge < -0.3 is 25.4 Å². The van der Waals surface area contributed by atoms with Gasteiger partial charge in [-0.05, 0) is 6.92 Å². The van der Waals surface area contributed by atoms with E-state index in [1.165, 1.54) is 30.2 Å². The number of nitrogens with two attached hydrogens (primary N) is 1. The molecule has 2 aromatic rings. The van der Waals surface area contributed by atoms with Crippen molar-refractivity contribution in [2.75, 3.05) is 12.1 Å². The van der Waals surface area contributed by atoms with E-state index in [4.69, 9.17) is 10.6 Å². The van der Waals surface area contributed by atoms with Gasteiger partial charge in [0, 0.05) is 11.8 Å². The number of aliphatic hydroxyl groups is 2. The van der Waals surface area contributed by atoms with Gasteiger partial charge in [0.05, 0.1) is 18.2 Å². The molecule has 3 heterocycles. The standard InChI is InChI=1S/C13H17FN6O4/c1-13(14)9(22)7(4-21)24-12(13)20-3-6(2-18-15)8-10(19-23)16-5-17-11(8)20/h2-3,5,7,9,12,21-23H,4,15H2,1H3,(H,16,17,19)/t7?,9?,12-,13-/m1/s1. The van der Waals surface area contributed by atoms with Crippen LogP contribution in [0.1, 0.15) is 18.7 Å². The minimum atomic E-state index is -2.19. The van der Waals surface area contributed by atoms with Crippen molar-refractivity contribution in [3.63, 3.8) is 0 Å². The lowest BCUT2D eigenvalue weighted by Gasteiger charge is -2.25. The zero-order valence-corrected chi connectivity index (χ0v) is 12.7. The zero-order chi connectivity index (χ0) is 17.5. The summed E-state index contributed by atoms with van der Waals surface area (Å²) in [6.07, 6.45) is 0.0679. The summed E-state index contributed by atoms with van der Waals surface area (Å²) in [5.41, 5.74) is 0.386. The Morgan fingerprint density at radius 1 is 1.58 bits per heavy atom. The Morgan fingerprint density at radius 2 is 2.33 bits per heavy atom. The Kier molecular flexibility index (Phi) is 4.09. The van der Waals surface area contributed by atoms with E-state index in [9.17, 15) is 15.4 Å². The van der Waals surface area contributed by atoms with E-state index in [-0.39, 0.29) is 11.5 Å². The largest absolute Gasteiger partial charge is 0.394 e. The van der Waals surface area contributed by atoms with Gasteiger partial charge in [-0.1, -0.05) is 0 Å². The number of anilines is 1. The highest BCUT2D eigenvalue weighted by Gasteiger charge is 2.55. The molecule has 1 aliphatic heterocycles. The van der Waals surface area contributed by atoms with Crippen molar-refractivity contribution in [3.8, 4) is 0 Å². The molecule has 3 rings (SSSR count). The van der Waals surface area contributed by atoms with Gasteiger partial charge in [0.2, 0.25) is 0 Å². The number of hydrogen-bond acceptors (Lipinski definition) is 9. The van der Waals surface area contributed by atoms with Crippen molar-refractivity contribution in [2.45, 2.75) is 31.0 Å². The molecule has 24 heavy (non-hydrogen) atoms. The summed E-state index contributed by atoms with van der Waals surface area (Å²) in [7, 11) is 0. The van der Waals surface area contributed by atoms with Crippen molar-refractivity contribution < 1.29 is 24.5 Å². The maximum atomic E-state index is 15.0. The number of halogens is 1. The number of hydrazone groups is 1. The number of aromatic nitrogens is 3. The number of hydrogen-bond donors (Lipinski definition) is 5. The van der Waals surface area contributed by atoms with Crippen molar-refractivity contribution in [3.05, 3.63) is 18.1 Å². The van der Waals surface area contributed by atoms with Gasteiger partial charge >= 0.3 is 0 Å². The third-order valence-electron chi connectivity index (χ3n) is 4.11. The second-order valence-electron chi connectivity index (χ2n) is 5.61. The summed E-state index contributed by atoms with van der Waals surface area (Å²) < 4.78 is 21.8. The maximum Gasteiger partial charge on any atom is 0.181 e. The van der Waals surface area contributed by atoms with E-state index in [0.29, 0.717) is 10.9 Å². The van der Waals surface area contributed by atoms with Crippen LogP contribution in [0.3, 0.4) is 0 Å². The number of rotatable bonds is 4. The van der Waals surface area contributed by atoms with Crippen LogP contribution in [0.25, 0.3) is 11.0 Å². The van der Waals surface area contributed by atoms with Crippen LogP contribution in [0.15, 0.2) is 17.6 Å². The van der Waals surface area contributed by atoms with Crippen LogP contribution < -0.4 is 11.3 Å². The molecule has 1 fully saturated rings. The fourth-order valence-corrected chi connectivity index (χ4v) is 2.92. The lowest BCUT2D eigenvalue weighted by atomic mass is 9.98. The molecule has 0 aliphatic carbocycles. The molecule has 0 aromatic carbocycles. The van der Waals surface area contributed by atoms with Crippen LogP contribution in [0.5, 0.6) is 0 Å². The molecule has 4 atom stereocenters. The first-order valence-electron chi connectivity index (χ1n) is 7.07. The Balaban J connectivity index is 2.20. The summed E-state index contributed by atoms with van der Waals surface area (Å²) in [5, 5.41) is 32.3. The molecular weight excluding hydrogens is 323 g/mol. The average Bonchev–Trinajstić information content (AvgIpc) is 3.04. The van der Waals surface area contributed by atoms with E-state index < -0.39 is 30.7 Å². The first-order valence-corrected chi connectivity index (χ1v) is 7.07. The van der Waals surface area contributed by atoms with Crippen molar-refractivity contribution >= 4 is 23.1 Å². The van der Waals surface area contributed by atoms with E-state index in [1.54, 1.807) is 0 Å². The smallest absolute Gasteiger partial charge is 0.181 e. The minimum Gasteiger partial charge on any atom is -0.394 e. The fourth-order valence-electron chi connectivity index (χ4n) is 2.92. The number of ether oxygens (including phenoxy) is 1. The van der Waals surface area contributed by atoms with Gasteiger partial charge in [-0.3, -0.25) is 10.7 Å². The molecule has 1 aliphatic rings. The molecule has 11 heteroatoms. The Bertz CT molecular complexity index is 779. The molecule has 10 nitrogen and oxygen atoms in total. The second-order valence-corrected chi connectivity index (χ2v) is 5.61. The molecule has 130 valence electrons. The molecule has 2 aromatic heterocycles. The predicted octanol–water partition coefficient (Wildman–Crippen LogP) is -0.496. The lowest BCUT2D eigenvalue weighted by molar-refractivity contribution is -0.0564. The third kappa shape index (κ3) is 2.29. The van der Waals surface area contributed by atoms with E-state index in [0.717, 1.165) is 0 Å². The third-order valence-corrected chi connectivity index (χ3v) is 4.11. The zero-order valence-electron chi connectivity index (χ0n) is 12.7. The van der Waals surface area contributed by atoms with Crippen LogP contribution in [-0.4, -0.2) is 60.7 Å². The Hall–Kier alpha value is -2.34. The van der Waals surface area contributed by atoms with Crippen LogP contribution in [0.4, 0.5) is 10.2 Å². The second kappa shape index (κ2) is 5.94. The quantitative estimate of drug-likeness (QED) is 0.284.